The highest BCUT2D eigenvalue weighted by atomic mass is 15.1. The monoisotopic (exact) mass is 262 g/mol. The molecule has 0 aliphatic carbocycles. The van der Waals surface area contributed by atoms with Crippen LogP contribution in [0.5, 0.6) is 0 Å². The molecule has 19 heavy (non-hydrogen) atoms. The summed E-state index contributed by atoms with van der Waals surface area (Å²) in [5.41, 5.74) is 1.39. The molecule has 0 fully saturated rings. The summed E-state index contributed by atoms with van der Waals surface area (Å²) in [4.78, 5) is 2.26. The summed E-state index contributed by atoms with van der Waals surface area (Å²) in [6, 6.07) is 11.7. The van der Waals surface area contributed by atoms with Gasteiger partial charge < -0.3 is 10.2 Å². The number of likely N-dealkylation sites (N-methyl/N-ethyl adjacent to an activating group) is 1. The average molecular weight is 262 g/mol. The van der Waals surface area contributed by atoms with Crippen LogP contribution in [0.3, 0.4) is 0 Å². The smallest absolute Gasteiger partial charge is 0.0346 e. The molecule has 0 heterocycles. The first-order valence-corrected chi connectivity index (χ1v) is 7.37. The minimum atomic E-state index is 0.425. The molecule has 2 unspecified atom stereocenters. The fourth-order valence-corrected chi connectivity index (χ4v) is 2.41. The molecule has 108 valence electrons. The summed E-state index contributed by atoms with van der Waals surface area (Å²) in [5, 5.41) is 3.86. The van der Waals surface area contributed by atoms with E-state index in [9.17, 15) is 0 Å². The Morgan fingerprint density at radius 2 is 1.53 bits per heavy atom. The molecule has 0 saturated heterocycles. The Kier molecular flexibility index (Phi) is 6.53. The number of benzene rings is 1. The van der Waals surface area contributed by atoms with Gasteiger partial charge in [-0.25, -0.2) is 0 Å². The lowest BCUT2D eigenvalue weighted by atomic mass is 9.93. The summed E-state index contributed by atoms with van der Waals surface area (Å²) < 4.78 is 0. The maximum Gasteiger partial charge on any atom is 0.0346 e. The minimum absolute atomic E-state index is 0.425. The Morgan fingerprint density at radius 3 is 1.95 bits per heavy atom. The highest BCUT2D eigenvalue weighted by molar-refractivity contribution is 5.19. The molecule has 0 amide bonds. The second kappa shape index (κ2) is 7.66. The molecule has 1 rings (SSSR count). The number of nitrogens with zero attached hydrogens (tertiary/aromatic N) is 1. The molecular weight excluding hydrogens is 232 g/mol. The van der Waals surface area contributed by atoms with Crippen LogP contribution in [0.1, 0.15) is 39.3 Å². The maximum atomic E-state index is 3.86. The highest BCUT2D eigenvalue weighted by Crippen LogP contribution is 2.23. The molecular formula is C17H30N2. The van der Waals surface area contributed by atoms with Gasteiger partial charge in [0.1, 0.15) is 0 Å². The average Bonchev–Trinajstić information content (AvgIpc) is 2.34. The minimum Gasteiger partial charge on any atom is -0.308 e. The van der Waals surface area contributed by atoms with Gasteiger partial charge in [-0.1, -0.05) is 58.0 Å². The zero-order valence-corrected chi connectivity index (χ0v) is 13.4. The SMILES string of the molecule is CC(C)C(CN(C)C)NC(c1ccccc1)C(C)C. The molecule has 0 bridgehead atoms. The van der Waals surface area contributed by atoms with Crippen molar-refractivity contribution in [2.24, 2.45) is 11.8 Å². The lowest BCUT2D eigenvalue weighted by Crippen LogP contribution is -2.45. The quantitative estimate of drug-likeness (QED) is 0.808. The topological polar surface area (TPSA) is 15.3 Å². The zero-order chi connectivity index (χ0) is 14.4. The second-order valence-corrected chi connectivity index (χ2v) is 6.41. The van der Waals surface area contributed by atoms with Crippen molar-refractivity contribution in [2.75, 3.05) is 20.6 Å². The van der Waals surface area contributed by atoms with E-state index >= 15 is 0 Å². The van der Waals surface area contributed by atoms with Crippen molar-refractivity contribution >= 4 is 0 Å². The van der Waals surface area contributed by atoms with E-state index in [0.717, 1.165) is 6.54 Å². The molecule has 0 saturated carbocycles. The van der Waals surface area contributed by atoms with Gasteiger partial charge in [0, 0.05) is 18.6 Å². The van der Waals surface area contributed by atoms with Crippen LogP contribution < -0.4 is 5.32 Å². The molecule has 0 aliphatic rings. The van der Waals surface area contributed by atoms with Crippen molar-refractivity contribution in [3.63, 3.8) is 0 Å². The van der Waals surface area contributed by atoms with Gasteiger partial charge in [-0.15, -0.1) is 0 Å². The second-order valence-electron chi connectivity index (χ2n) is 6.41. The van der Waals surface area contributed by atoms with Crippen LogP contribution in [0.15, 0.2) is 30.3 Å². The van der Waals surface area contributed by atoms with E-state index in [-0.39, 0.29) is 0 Å². The Labute approximate surface area is 119 Å². The van der Waals surface area contributed by atoms with E-state index in [1.807, 2.05) is 0 Å². The van der Waals surface area contributed by atoms with E-state index in [1.165, 1.54) is 5.56 Å². The number of rotatable bonds is 7. The van der Waals surface area contributed by atoms with E-state index in [2.05, 4.69) is 82.3 Å². The van der Waals surface area contributed by atoms with Gasteiger partial charge >= 0.3 is 0 Å². The van der Waals surface area contributed by atoms with E-state index in [1.54, 1.807) is 0 Å². The molecule has 2 atom stereocenters. The molecule has 0 spiro atoms. The van der Waals surface area contributed by atoms with Crippen LogP contribution in [-0.4, -0.2) is 31.6 Å². The highest BCUT2D eigenvalue weighted by Gasteiger charge is 2.22. The Bertz CT molecular complexity index is 344. The number of nitrogens with one attached hydrogen (secondary N) is 1. The third-order valence-electron chi connectivity index (χ3n) is 3.59. The third-order valence-corrected chi connectivity index (χ3v) is 3.59. The van der Waals surface area contributed by atoms with Gasteiger partial charge in [0.05, 0.1) is 0 Å². The molecule has 0 aliphatic heterocycles. The molecule has 1 N–H and O–H groups in total. The summed E-state index contributed by atoms with van der Waals surface area (Å²) in [5.74, 6) is 1.22. The van der Waals surface area contributed by atoms with Crippen LogP contribution in [0.4, 0.5) is 0 Å². The summed E-state index contributed by atoms with van der Waals surface area (Å²) in [6.07, 6.45) is 0. The third kappa shape index (κ3) is 5.33. The Balaban J connectivity index is 2.82. The van der Waals surface area contributed by atoms with E-state index < -0.39 is 0 Å². The van der Waals surface area contributed by atoms with Crippen LogP contribution in [0.25, 0.3) is 0 Å². The van der Waals surface area contributed by atoms with Gasteiger partial charge in [-0.3, -0.25) is 0 Å². The largest absolute Gasteiger partial charge is 0.308 e. The van der Waals surface area contributed by atoms with E-state index in [0.29, 0.717) is 23.9 Å². The summed E-state index contributed by atoms with van der Waals surface area (Å²) >= 11 is 0. The molecule has 1 aromatic carbocycles. The van der Waals surface area contributed by atoms with Crippen molar-refractivity contribution in [3.05, 3.63) is 35.9 Å². The lowest BCUT2D eigenvalue weighted by molar-refractivity contribution is 0.248. The molecule has 0 aromatic heterocycles. The Morgan fingerprint density at radius 1 is 0.947 bits per heavy atom. The van der Waals surface area contributed by atoms with Gasteiger partial charge in [0.15, 0.2) is 0 Å². The summed E-state index contributed by atoms with van der Waals surface area (Å²) in [6.45, 7) is 10.2. The predicted octanol–water partition coefficient (Wildman–Crippen LogP) is 3.56. The van der Waals surface area contributed by atoms with Crippen molar-refractivity contribution in [2.45, 2.75) is 39.8 Å². The standard InChI is InChI=1S/C17H30N2/c1-13(2)16(12-19(5)6)18-17(14(3)4)15-10-8-7-9-11-15/h7-11,13-14,16-18H,12H2,1-6H3. The predicted molar refractivity (Wildman–Crippen MR) is 84.3 cm³/mol. The maximum absolute atomic E-state index is 3.86. The first-order chi connectivity index (χ1) is 8.91. The molecule has 0 radical (unpaired) electrons. The van der Waals surface area contributed by atoms with Gasteiger partial charge in [0.2, 0.25) is 0 Å². The van der Waals surface area contributed by atoms with Crippen LogP contribution in [0.2, 0.25) is 0 Å². The first-order valence-electron chi connectivity index (χ1n) is 7.37. The molecule has 2 heteroatoms. The zero-order valence-electron chi connectivity index (χ0n) is 13.4. The fraction of sp³-hybridized carbons (Fsp3) is 0.647. The molecule has 2 nitrogen and oxygen atoms in total. The van der Waals surface area contributed by atoms with E-state index in [4.69, 9.17) is 0 Å². The van der Waals surface area contributed by atoms with Crippen LogP contribution in [-0.2, 0) is 0 Å². The lowest BCUT2D eigenvalue weighted by Gasteiger charge is -2.32. The van der Waals surface area contributed by atoms with Crippen molar-refractivity contribution in [3.8, 4) is 0 Å². The van der Waals surface area contributed by atoms with Crippen molar-refractivity contribution in [1.29, 1.82) is 0 Å². The van der Waals surface area contributed by atoms with Crippen LogP contribution >= 0.6 is 0 Å². The fourth-order valence-electron chi connectivity index (χ4n) is 2.41. The van der Waals surface area contributed by atoms with Gasteiger partial charge in [0.25, 0.3) is 0 Å². The number of hydrogen-bond acceptors (Lipinski definition) is 2. The van der Waals surface area contributed by atoms with Crippen molar-refractivity contribution in [1.82, 2.24) is 10.2 Å². The van der Waals surface area contributed by atoms with Gasteiger partial charge in [-0.2, -0.15) is 0 Å². The summed E-state index contributed by atoms with van der Waals surface area (Å²) in [7, 11) is 4.29. The van der Waals surface area contributed by atoms with Gasteiger partial charge in [-0.05, 0) is 31.5 Å². The first kappa shape index (κ1) is 16.2. The van der Waals surface area contributed by atoms with Crippen LogP contribution in [0, 0.1) is 11.8 Å². The Hall–Kier alpha value is -0.860. The van der Waals surface area contributed by atoms with Crippen molar-refractivity contribution < 1.29 is 0 Å². The normalized spacial score (nSPS) is 15.2. The number of hydrogen-bond donors (Lipinski definition) is 1. The molecule has 1 aromatic rings.